The number of aromatic amines is 1. The molecule has 3 N–H and O–H groups in total. The molecule has 0 aliphatic heterocycles. The molecule has 0 spiro atoms. The van der Waals surface area contributed by atoms with E-state index in [1.165, 1.54) is 0 Å². The lowest BCUT2D eigenvalue weighted by Gasteiger charge is -2.07. The molecule has 98 valence electrons. The number of aromatic nitrogens is 2. The van der Waals surface area contributed by atoms with Crippen LogP contribution in [0.15, 0.2) is 30.3 Å². The zero-order chi connectivity index (χ0) is 13.8. The minimum absolute atomic E-state index is 0.223. The quantitative estimate of drug-likeness (QED) is 0.552. The van der Waals surface area contributed by atoms with Crippen LogP contribution in [0.5, 0.6) is 0 Å². The standard InChI is InChI=1S/C12H11IN4O2/c1-7-6-10(15-14-7)12(19)17-16-11(18)8-4-2-3-5-9(8)13/h2-6H,1H3,(H,14,15)(H,16,18)(H,17,19). The van der Waals surface area contributed by atoms with E-state index in [0.717, 1.165) is 9.26 Å². The van der Waals surface area contributed by atoms with Gasteiger partial charge in [0.05, 0.1) is 5.56 Å². The Kier molecular flexibility index (Phi) is 4.15. The smallest absolute Gasteiger partial charge is 0.282 e. The van der Waals surface area contributed by atoms with Crippen LogP contribution in [0.1, 0.15) is 26.5 Å². The van der Waals surface area contributed by atoms with Crippen molar-refractivity contribution < 1.29 is 9.59 Å². The highest BCUT2D eigenvalue weighted by Crippen LogP contribution is 2.10. The van der Waals surface area contributed by atoms with Gasteiger partial charge < -0.3 is 0 Å². The van der Waals surface area contributed by atoms with Crippen molar-refractivity contribution in [3.63, 3.8) is 0 Å². The minimum Gasteiger partial charge on any atom is -0.282 e. The number of nitrogens with zero attached hydrogens (tertiary/aromatic N) is 1. The predicted molar refractivity (Wildman–Crippen MR) is 77.4 cm³/mol. The average Bonchev–Trinajstić information content (AvgIpc) is 2.83. The summed E-state index contributed by atoms with van der Waals surface area (Å²) in [5.41, 5.74) is 6.16. The molecule has 2 rings (SSSR count). The summed E-state index contributed by atoms with van der Waals surface area (Å²) in [5, 5.41) is 6.45. The van der Waals surface area contributed by atoms with E-state index in [2.05, 4.69) is 43.6 Å². The molecule has 0 radical (unpaired) electrons. The topological polar surface area (TPSA) is 86.9 Å². The average molecular weight is 370 g/mol. The Balaban J connectivity index is 1.98. The van der Waals surface area contributed by atoms with Crippen LogP contribution >= 0.6 is 22.6 Å². The van der Waals surface area contributed by atoms with Crippen molar-refractivity contribution in [2.24, 2.45) is 0 Å². The Bertz CT molecular complexity index is 624. The Morgan fingerprint density at radius 1 is 1.21 bits per heavy atom. The Hall–Kier alpha value is -1.90. The molecule has 7 heteroatoms. The molecule has 2 amide bonds. The van der Waals surface area contributed by atoms with Crippen molar-refractivity contribution in [2.75, 3.05) is 0 Å². The van der Waals surface area contributed by atoms with Crippen LogP contribution in [0.25, 0.3) is 0 Å². The second-order valence-electron chi connectivity index (χ2n) is 3.82. The van der Waals surface area contributed by atoms with E-state index in [-0.39, 0.29) is 11.6 Å². The molecule has 1 aromatic heterocycles. The van der Waals surface area contributed by atoms with Gasteiger partial charge in [0, 0.05) is 9.26 Å². The van der Waals surface area contributed by atoms with Gasteiger partial charge in [0.1, 0.15) is 0 Å². The first kappa shape index (κ1) is 13.5. The number of H-pyrrole nitrogens is 1. The summed E-state index contributed by atoms with van der Waals surface area (Å²) in [4.78, 5) is 23.5. The molecule has 19 heavy (non-hydrogen) atoms. The molecule has 0 saturated heterocycles. The molecule has 0 unspecified atom stereocenters. The highest BCUT2D eigenvalue weighted by atomic mass is 127. The molecule has 0 atom stereocenters. The van der Waals surface area contributed by atoms with E-state index in [1.54, 1.807) is 25.1 Å². The fraction of sp³-hybridized carbons (Fsp3) is 0.0833. The van der Waals surface area contributed by atoms with Crippen LogP contribution in [0.3, 0.4) is 0 Å². The third-order valence-electron chi connectivity index (χ3n) is 2.35. The van der Waals surface area contributed by atoms with Gasteiger partial charge >= 0.3 is 0 Å². The Morgan fingerprint density at radius 3 is 2.53 bits per heavy atom. The maximum absolute atomic E-state index is 11.8. The summed E-state index contributed by atoms with van der Waals surface area (Å²) in [6, 6.07) is 8.68. The number of rotatable bonds is 2. The van der Waals surface area contributed by atoms with E-state index < -0.39 is 5.91 Å². The highest BCUT2D eigenvalue weighted by molar-refractivity contribution is 14.1. The molecule has 0 aliphatic carbocycles. The summed E-state index contributed by atoms with van der Waals surface area (Å²) in [6.45, 7) is 1.79. The van der Waals surface area contributed by atoms with Crippen LogP contribution in [-0.2, 0) is 0 Å². The summed E-state index contributed by atoms with van der Waals surface area (Å²) in [5.74, 6) is -0.839. The van der Waals surface area contributed by atoms with Crippen LogP contribution in [-0.4, -0.2) is 22.0 Å². The first-order chi connectivity index (χ1) is 9.08. The molecule has 6 nitrogen and oxygen atoms in total. The lowest BCUT2D eigenvalue weighted by Crippen LogP contribution is -2.42. The van der Waals surface area contributed by atoms with Crippen molar-refractivity contribution in [1.29, 1.82) is 0 Å². The third kappa shape index (κ3) is 3.31. The molecule has 0 bridgehead atoms. The monoisotopic (exact) mass is 370 g/mol. The number of nitrogens with one attached hydrogen (secondary N) is 3. The fourth-order valence-corrected chi connectivity index (χ4v) is 2.06. The van der Waals surface area contributed by atoms with Crippen molar-refractivity contribution in [1.82, 2.24) is 21.0 Å². The molecule has 1 aromatic carbocycles. The van der Waals surface area contributed by atoms with Crippen LogP contribution in [0.4, 0.5) is 0 Å². The first-order valence-electron chi connectivity index (χ1n) is 5.45. The van der Waals surface area contributed by atoms with Crippen molar-refractivity contribution in [2.45, 2.75) is 6.92 Å². The van der Waals surface area contributed by atoms with Crippen molar-refractivity contribution >= 4 is 34.4 Å². The second kappa shape index (κ2) is 5.83. The van der Waals surface area contributed by atoms with Gasteiger partial charge in [-0.25, -0.2) is 0 Å². The van der Waals surface area contributed by atoms with Gasteiger partial charge in [-0.1, -0.05) is 12.1 Å². The third-order valence-corrected chi connectivity index (χ3v) is 3.29. The van der Waals surface area contributed by atoms with Crippen molar-refractivity contribution in [3.8, 4) is 0 Å². The number of benzene rings is 1. The van der Waals surface area contributed by atoms with Gasteiger partial charge in [-0.15, -0.1) is 0 Å². The lowest BCUT2D eigenvalue weighted by atomic mass is 10.2. The van der Waals surface area contributed by atoms with E-state index in [1.807, 2.05) is 12.1 Å². The molecule has 2 aromatic rings. The molecule has 0 aliphatic rings. The molecule has 1 heterocycles. The second-order valence-corrected chi connectivity index (χ2v) is 4.99. The van der Waals surface area contributed by atoms with Gasteiger partial charge in [0.15, 0.2) is 5.69 Å². The zero-order valence-electron chi connectivity index (χ0n) is 10.0. The summed E-state index contributed by atoms with van der Waals surface area (Å²) < 4.78 is 0.808. The maximum atomic E-state index is 11.8. The van der Waals surface area contributed by atoms with Crippen LogP contribution in [0.2, 0.25) is 0 Å². The number of aryl methyl sites for hydroxylation is 1. The van der Waals surface area contributed by atoms with Crippen LogP contribution in [0, 0.1) is 10.5 Å². The molecule has 0 fully saturated rings. The Morgan fingerprint density at radius 2 is 1.89 bits per heavy atom. The van der Waals surface area contributed by atoms with Gasteiger partial charge in [-0.2, -0.15) is 5.10 Å². The van der Waals surface area contributed by atoms with Gasteiger partial charge in [0.2, 0.25) is 0 Å². The Labute approximate surface area is 123 Å². The van der Waals surface area contributed by atoms with Gasteiger partial charge in [0.25, 0.3) is 11.8 Å². The number of carbonyl (C=O) groups is 2. The van der Waals surface area contributed by atoms with E-state index in [4.69, 9.17) is 0 Å². The van der Waals surface area contributed by atoms with E-state index in [9.17, 15) is 9.59 Å². The number of halogens is 1. The maximum Gasteiger partial charge on any atom is 0.290 e. The molecular formula is C12H11IN4O2. The van der Waals surface area contributed by atoms with Gasteiger partial charge in [-0.05, 0) is 47.7 Å². The van der Waals surface area contributed by atoms with Crippen molar-refractivity contribution in [3.05, 3.63) is 50.9 Å². The predicted octanol–water partition coefficient (Wildman–Crippen LogP) is 1.40. The van der Waals surface area contributed by atoms with E-state index in [0.29, 0.717) is 5.56 Å². The highest BCUT2D eigenvalue weighted by Gasteiger charge is 2.12. The van der Waals surface area contributed by atoms with Crippen LogP contribution < -0.4 is 10.9 Å². The lowest BCUT2D eigenvalue weighted by molar-refractivity contribution is 0.0843. The SMILES string of the molecule is Cc1cc(C(=O)NNC(=O)c2ccccc2I)n[nH]1. The fourth-order valence-electron chi connectivity index (χ4n) is 1.42. The summed E-state index contributed by atoms with van der Waals surface area (Å²) in [6.07, 6.45) is 0. The first-order valence-corrected chi connectivity index (χ1v) is 6.53. The number of hydrogen-bond donors (Lipinski definition) is 3. The minimum atomic E-state index is -0.469. The zero-order valence-corrected chi connectivity index (χ0v) is 12.2. The van der Waals surface area contributed by atoms with Gasteiger partial charge in [-0.3, -0.25) is 25.5 Å². The largest absolute Gasteiger partial charge is 0.290 e. The number of hydrazine groups is 1. The summed E-state index contributed by atoms with van der Waals surface area (Å²) >= 11 is 2.06. The van der Waals surface area contributed by atoms with E-state index >= 15 is 0 Å². The molecular weight excluding hydrogens is 359 g/mol. The number of amides is 2. The molecule has 0 saturated carbocycles. The number of hydrogen-bond acceptors (Lipinski definition) is 3. The normalized spacial score (nSPS) is 10.0. The summed E-state index contributed by atoms with van der Waals surface area (Å²) in [7, 11) is 0. The number of carbonyl (C=O) groups excluding carboxylic acids is 2.